The lowest BCUT2D eigenvalue weighted by atomic mass is 10.2. The van der Waals surface area contributed by atoms with Crippen molar-refractivity contribution >= 4 is 34.0 Å². The molecule has 3 rings (SSSR count). The second kappa shape index (κ2) is 6.34. The van der Waals surface area contributed by atoms with E-state index in [2.05, 4.69) is 4.98 Å². The summed E-state index contributed by atoms with van der Waals surface area (Å²) in [6, 6.07) is 11.1. The monoisotopic (exact) mass is 332 g/mol. The van der Waals surface area contributed by atoms with Gasteiger partial charge in [-0.1, -0.05) is 23.7 Å². The van der Waals surface area contributed by atoms with Crippen molar-refractivity contribution in [2.45, 2.75) is 13.5 Å². The fourth-order valence-corrected chi connectivity index (χ4v) is 3.02. The first kappa shape index (κ1) is 14.8. The first-order chi connectivity index (χ1) is 10.6. The van der Waals surface area contributed by atoms with Crippen LogP contribution in [0.2, 0.25) is 5.02 Å². The van der Waals surface area contributed by atoms with Crippen LogP contribution in [0.4, 0.5) is 5.13 Å². The molecule has 0 saturated carbocycles. The smallest absolute Gasteiger partial charge is 0.226 e. The highest BCUT2D eigenvalue weighted by Gasteiger charge is 2.17. The van der Waals surface area contributed by atoms with E-state index in [-0.39, 0.29) is 5.91 Å². The number of benzene rings is 1. The average Bonchev–Trinajstić information content (AvgIpc) is 3.17. The minimum atomic E-state index is -0.0755. The van der Waals surface area contributed by atoms with Crippen LogP contribution < -0.4 is 4.90 Å². The fraction of sp³-hybridized carbons (Fsp3) is 0.125. The predicted octanol–water partition coefficient (Wildman–Crippen LogP) is 4.61. The van der Waals surface area contributed by atoms with E-state index >= 15 is 0 Å². The molecule has 1 amide bonds. The van der Waals surface area contributed by atoms with Gasteiger partial charge in [-0.3, -0.25) is 9.69 Å². The molecule has 0 aliphatic heterocycles. The molecule has 1 aromatic carbocycles. The zero-order valence-corrected chi connectivity index (χ0v) is 13.4. The van der Waals surface area contributed by atoms with E-state index in [0.29, 0.717) is 16.7 Å². The Morgan fingerprint density at radius 2 is 2.09 bits per heavy atom. The number of anilines is 1. The van der Waals surface area contributed by atoms with Crippen molar-refractivity contribution in [1.82, 2.24) is 4.98 Å². The van der Waals surface area contributed by atoms with Crippen molar-refractivity contribution in [3.63, 3.8) is 0 Å². The highest BCUT2D eigenvalue weighted by molar-refractivity contribution is 7.14. The SMILES string of the molecule is CC(=O)N(Cc1ccco1)c1nc(-c2ccc(Cl)cc2)cs1. The molecule has 4 nitrogen and oxygen atoms in total. The third-order valence-corrected chi connectivity index (χ3v) is 4.25. The highest BCUT2D eigenvalue weighted by atomic mass is 35.5. The maximum Gasteiger partial charge on any atom is 0.226 e. The van der Waals surface area contributed by atoms with E-state index in [1.165, 1.54) is 18.3 Å². The van der Waals surface area contributed by atoms with Crippen LogP contribution in [0.1, 0.15) is 12.7 Å². The van der Waals surface area contributed by atoms with Gasteiger partial charge in [0.2, 0.25) is 5.91 Å². The molecular weight excluding hydrogens is 320 g/mol. The number of furan rings is 1. The van der Waals surface area contributed by atoms with E-state index in [0.717, 1.165) is 17.0 Å². The second-order valence-electron chi connectivity index (χ2n) is 4.71. The quantitative estimate of drug-likeness (QED) is 0.701. The van der Waals surface area contributed by atoms with Crippen molar-refractivity contribution in [2.75, 3.05) is 4.90 Å². The lowest BCUT2D eigenvalue weighted by Gasteiger charge is -2.16. The van der Waals surface area contributed by atoms with Crippen LogP contribution in [0.5, 0.6) is 0 Å². The van der Waals surface area contributed by atoms with Crippen LogP contribution in [-0.4, -0.2) is 10.9 Å². The number of nitrogens with zero attached hydrogens (tertiary/aromatic N) is 2. The molecule has 0 fully saturated rings. The Balaban J connectivity index is 1.86. The maximum absolute atomic E-state index is 11.9. The third-order valence-electron chi connectivity index (χ3n) is 3.14. The number of carbonyl (C=O) groups is 1. The summed E-state index contributed by atoms with van der Waals surface area (Å²) in [6.07, 6.45) is 1.59. The largest absolute Gasteiger partial charge is 0.467 e. The molecule has 6 heteroatoms. The Labute approximate surface area is 137 Å². The molecule has 0 N–H and O–H groups in total. The first-order valence-electron chi connectivity index (χ1n) is 6.65. The number of aromatic nitrogens is 1. The third kappa shape index (κ3) is 3.21. The van der Waals surface area contributed by atoms with Crippen molar-refractivity contribution < 1.29 is 9.21 Å². The molecule has 112 valence electrons. The Kier molecular flexibility index (Phi) is 4.27. The molecule has 0 spiro atoms. The van der Waals surface area contributed by atoms with E-state index in [9.17, 15) is 4.79 Å². The van der Waals surface area contributed by atoms with Gasteiger partial charge in [0.1, 0.15) is 5.76 Å². The zero-order valence-electron chi connectivity index (χ0n) is 11.8. The fourth-order valence-electron chi connectivity index (χ4n) is 2.01. The average molecular weight is 333 g/mol. The Bertz CT molecular complexity index is 766. The Hall–Kier alpha value is -2.11. The van der Waals surface area contributed by atoms with Gasteiger partial charge in [0.05, 0.1) is 18.5 Å². The molecule has 0 aliphatic rings. The first-order valence-corrected chi connectivity index (χ1v) is 7.91. The van der Waals surface area contributed by atoms with Crippen LogP contribution in [0.25, 0.3) is 11.3 Å². The summed E-state index contributed by atoms with van der Waals surface area (Å²) in [5, 5.41) is 3.26. The maximum atomic E-state index is 11.9. The van der Waals surface area contributed by atoms with Crippen molar-refractivity contribution in [3.05, 3.63) is 58.8 Å². The topological polar surface area (TPSA) is 46.3 Å². The van der Waals surface area contributed by atoms with Crippen molar-refractivity contribution in [1.29, 1.82) is 0 Å². The molecule has 0 unspecified atom stereocenters. The molecule has 0 radical (unpaired) electrons. The van der Waals surface area contributed by atoms with Gasteiger partial charge in [-0.2, -0.15) is 0 Å². The molecule has 0 saturated heterocycles. The summed E-state index contributed by atoms with van der Waals surface area (Å²) >= 11 is 7.32. The molecule has 3 aromatic rings. The molecule has 22 heavy (non-hydrogen) atoms. The van der Waals surface area contributed by atoms with Crippen LogP contribution in [0, 0.1) is 0 Å². The number of hydrogen-bond acceptors (Lipinski definition) is 4. The lowest BCUT2D eigenvalue weighted by molar-refractivity contribution is -0.116. The summed E-state index contributed by atoms with van der Waals surface area (Å²) < 4.78 is 5.31. The molecule has 2 heterocycles. The molecule has 2 aromatic heterocycles. The zero-order chi connectivity index (χ0) is 15.5. The van der Waals surface area contributed by atoms with Gasteiger partial charge in [-0.15, -0.1) is 11.3 Å². The van der Waals surface area contributed by atoms with Gasteiger partial charge in [0, 0.05) is 22.9 Å². The number of rotatable bonds is 4. The van der Waals surface area contributed by atoms with Crippen molar-refractivity contribution in [3.8, 4) is 11.3 Å². The number of halogens is 1. The minimum Gasteiger partial charge on any atom is -0.467 e. The highest BCUT2D eigenvalue weighted by Crippen LogP contribution is 2.29. The molecule has 0 atom stereocenters. The van der Waals surface area contributed by atoms with Crippen LogP contribution >= 0.6 is 22.9 Å². The number of carbonyl (C=O) groups excluding carboxylic acids is 1. The number of thiazole rings is 1. The summed E-state index contributed by atoms with van der Waals surface area (Å²) in [7, 11) is 0. The second-order valence-corrected chi connectivity index (χ2v) is 5.98. The Morgan fingerprint density at radius 1 is 1.32 bits per heavy atom. The van der Waals surface area contributed by atoms with Crippen LogP contribution in [0.3, 0.4) is 0 Å². The van der Waals surface area contributed by atoms with Gasteiger partial charge in [-0.05, 0) is 24.3 Å². The van der Waals surface area contributed by atoms with Gasteiger partial charge in [0.15, 0.2) is 5.13 Å². The van der Waals surface area contributed by atoms with E-state index < -0.39 is 0 Å². The number of amides is 1. The standard InChI is InChI=1S/C16H13ClN2O2S/c1-11(20)19(9-14-3-2-8-21-14)16-18-15(10-22-16)12-4-6-13(17)7-5-12/h2-8,10H,9H2,1H3. The van der Waals surface area contributed by atoms with E-state index in [1.54, 1.807) is 17.2 Å². The summed E-state index contributed by atoms with van der Waals surface area (Å²) in [4.78, 5) is 18.0. The molecule has 0 bridgehead atoms. The summed E-state index contributed by atoms with van der Waals surface area (Å²) in [5.74, 6) is 0.645. The summed E-state index contributed by atoms with van der Waals surface area (Å²) in [5.41, 5.74) is 1.79. The molecular formula is C16H13ClN2O2S. The van der Waals surface area contributed by atoms with Crippen LogP contribution in [0.15, 0.2) is 52.5 Å². The van der Waals surface area contributed by atoms with Gasteiger partial charge >= 0.3 is 0 Å². The van der Waals surface area contributed by atoms with Gasteiger partial charge in [-0.25, -0.2) is 4.98 Å². The van der Waals surface area contributed by atoms with Gasteiger partial charge in [0.25, 0.3) is 0 Å². The van der Waals surface area contributed by atoms with Crippen LogP contribution in [-0.2, 0) is 11.3 Å². The van der Waals surface area contributed by atoms with E-state index in [4.69, 9.17) is 16.0 Å². The number of hydrogen-bond donors (Lipinski definition) is 0. The minimum absolute atomic E-state index is 0.0755. The predicted molar refractivity (Wildman–Crippen MR) is 88.1 cm³/mol. The normalized spacial score (nSPS) is 10.6. The van der Waals surface area contributed by atoms with E-state index in [1.807, 2.05) is 35.7 Å². The Morgan fingerprint density at radius 3 is 2.73 bits per heavy atom. The summed E-state index contributed by atoms with van der Waals surface area (Å²) in [6.45, 7) is 1.89. The lowest BCUT2D eigenvalue weighted by Crippen LogP contribution is -2.27. The van der Waals surface area contributed by atoms with Crippen molar-refractivity contribution in [2.24, 2.45) is 0 Å². The van der Waals surface area contributed by atoms with Gasteiger partial charge < -0.3 is 4.42 Å². The molecule has 0 aliphatic carbocycles.